The summed E-state index contributed by atoms with van der Waals surface area (Å²) in [7, 11) is 0. The Hall–Kier alpha value is -3.21. The lowest BCUT2D eigenvalue weighted by Gasteiger charge is -2.30. The van der Waals surface area contributed by atoms with Gasteiger partial charge in [-0.1, -0.05) is 60.7 Å². The Labute approximate surface area is 193 Å². The van der Waals surface area contributed by atoms with Crippen molar-refractivity contribution in [2.75, 3.05) is 13.1 Å². The van der Waals surface area contributed by atoms with Crippen molar-refractivity contribution < 1.29 is 14.0 Å². The monoisotopic (exact) mass is 444 g/mol. The van der Waals surface area contributed by atoms with E-state index in [0.717, 1.165) is 12.8 Å². The molecule has 2 aliphatic rings. The predicted molar refractivity (Wildman–Crippen MR) is 127 cm³/mol. The minimum Gasteiger partial charge on any atom is -0.350 e. The van der Waals surface area contributed by atoms with Crippen LogP contribution in [0.5, 0.6) is 0 Å². The number of hydrogen-bond acceptors (Lipinski definition) is 2. The molecule has 0 spiro atoms. The van der Waals surface area contributed by atoms with E-state index in [2.05, 4.69) is 35.6 Å². The van der Waals surface area contributed by atoms with Crippen LogP contribution in [0.2, 0.25) is 0 Å². The van der Waals surface area contributed by atoms with Gasteiger partial charge in [0.15, 0.2) is 0 Å². The highest BCUT2D eigenvalue weighted by Crippen LogP contribution is 2.33. The van der Waals surface area contributed by atoms with Gasteiger partial charge in [-0.15, -0.1) is 0 Å². The Kier molecular flexibility index (Phi) is 5.88. The normalized spacial score (nSPS) is 22.6. The first-order chi connectivity index (χ1) is 16.0. The molecule has 0 radical (unpaired) electrons. The number of nitrogens with one attached hydrogen (secondary N) is 1. The molecule has 2 atom stereocenters. The number of rotatable bonds is 6. The summed E-state index contributed by atoms with van der Waals surface area (Å²) >= 11 is 0. The average Bonchev–Trinajstić information content (AvgIpc) is 3.45. The van der Waals surface area contributed by atoms with Gasteiger partial charge in [0.2, 0.25) is 11.8 Å². The van der Waals surface area contributed by atoms with Crippen LogP contribution in [-0.2, 0) is 16.0 Å². The van der Waals surface area contributed by atoms with Crippen molar-refractivity contribution in [3.8, 4) is 0 Å². The molecule has 33 heavy (non-hydrogen) atoms. The SMILES string of the molecule is O=C1CCC(CCC(=O)N2CCC(c3ccccc3F)C2)(Cc2ccc3ccccc3c2)N1. The molecule has 2 saturated heterocycles. The van der Waals surface area contributed by atoms with Crippen molar-refractivity contribution in [2.24, 2.45) is 0 Å². The summed E-state index contributed by atoms with van der Waals surface area (Å²) in [6.45, 7) is 1.21. The zero-order valence-corrected chi connectivity index (χ0v) is 18.7. The van der Waals surface area contributed by atoms with Gasteiger partial charge in [-0.2, -0.15) is 0 Å². The lowest BCUT2D eigenvalue weighted by atomic mass is 9.84. The molecule has 0 saturated carbocycles. The van der Waals surface area contributed by atoms with Crippen LogP contribution >= 0.6 is 0 Å². The fraction of sp³-hybridized carbons (Fsp3) is 0.357. The van der Waals surface area contributed by atoms with Crippen LogP contribution in [0.15, 0.2) is 66.7 Å². The topological polar surface area (TPSA) is 49.4 Å². The highest BCUT2D eigenvalue weighted by atomic mass is 19.1. The third-order valence-corrected chi connectivity index (χ3v) is 7.30. The van der Waals surface area contributed by atoms with Crippen molar-refractivity contribution >= 4 is 22.6 Å². The van der Waals surface area contributed by atoms with Crippen LogP contribution in [0.1, 0.15) is 49.1 Å². The van der Waals surface area contributed by atoms with Crippen LogP contribution < -0.4 is 5.32 Å². The predicted octanol–water partition coefficient (Wildman–Crippen LogP) is 4.97. The van der Waals surface area contributed by atoms with Crippen molar-refractivity contribution in [3.63, 3.8) is 0 Å². The van der Waals surface area contributed by atoms with Gasteiger partial charge in [0, 0.05) is 37.4 Å². The molecule has 3 aromatic rings. The van der Waals surface area contributed by atoms with E-state index in [1.807, 2.05) is 29.2 Å². The number of halogens is 1. The Bertz CT molecular complexity index is 1190. The summed E-state index contributed by atoms with van der Waals surface area (Å²) in [5.74, 6) is 0.00426. The fourth-order valence-corrected chi connectivity index (χ4v) is 5.47. The Morgan fingerprint density at radius 3 is 2.64 bits per heavy atom. The first-order valence-electron chi connectivity index (χ1n) is 11.8. The molecule has 4 nitrogen and oxygen atoms in total. The maximum atomic E-state index is 14.2. The minimum atomic E-state index is -0.389. The maximum Gasteiger partial charge on any atom is 0.222 e. The third-order valence-electron chi connectivity index (χ3n) is 7.30. The minimum absolute atomic E-state index is 0.0490. The largest absolute Gasteiger partial charge is 0.350 e. The van der Waals surface area contributed by atoms with E-state index in [9.17, 15) is 14.0 Å². The van der Waals surface area contributed by atoms with Crippen LogP contribution in [0.25, 0.3) is 10.8 Å². The summed E-state index contributed by atoms with van der Waals surface area (Å²) in [5, 5.41) is 5.57. The van der Waals surface area contributed by atoms with E-state index in [0.29, 0.717) is 44.3 Å². The molecule has 0 aromatic heterocycles. The van der Waals surface area contributed by atoms with Gasteiger partial charge in [0.05, 0.1) is 0 Å². The second kappa shape index (κ2) is 8.97. The Morgan fingerprint density at radius 1 is 1.06 bits per heavy atom. The molecule has 2 unspecified atom stereocenters. The van der Waals surface area contributed by atoms with Gasteiger partial charge < -0.3 is 10.2 Å². The molecule has 1 N–H and O–H groups in total. The van der Waals surface area contributed by atoms with Gasteiger partial charge >= 0.3 is 0 Å². The van der Waals surface area contributed by atoms with Crippen LogP contribution in [0.4, 0.5) is 4.39 Å². The molecule has 0 bridgehead atoms. The second-order valence-corrected chi connectivity index (χ2v) is 9.53. The second-order valence-electron chi connectivity index (χ2n) is 9.53. The lowest BCUT2D eigenvalue weighted by molar-refractivity contribution is -0.131. The molecule has 170 valence electrons. The molecule has 2 heterocycles. The van der Waals surface area contributed by atoms with Gasteiger partial charge in [-0.25, -0.2) is 4.39 Å². The van der Waals surface area contributed by atoms with E-state index in [1.165, 1.54) is 22.4 Å². The van der Waals surface area contributed by atoms with Crippen molar-refractivity contribution in [1.29, 1.82) is 0 Å². The van der Waals surface area contributed by atoms with E-state index >= 15 is 0 Å². The van der Waals surface area contributed by atoms with E-state index in [1.54, 1.807) is 6.07 Å². The fourth-order valence-electron chi connectivity index (χ4n) is 5.47. The van der Waals surface area contributed by atoms with E-state index < -0.39 is 0 Å². The molecule has 2 fully saturated rings. The molecule has 2 aliphatic heterocycles. The number of carbonyl (C=O) groups excluding carboxylic acids is 2. The van der Waals surface area contributed by atoms with Crippen molar-refractivity contribution in [2.45, 2.75) is 50.0 Å². The number of amides is 2. The van der Waals surface area contributed by atoms with E-state index in [4.69, 9.17) is 0 Å². The highest BCUT2D eigenvalue weighted by Gasteiger charge is 2.39. The smallest absolute Gasteiger partial charge is 0.222 e. The van der Waals surface area contributed by atoms with Crippen LogP contribution in [-0.4, -0.2) is 35.3 Å². The molecule has 5 heteroatoms. The average molecular weight is 445 g/mol. The quantitative estimate of drug-likeness (QED) is 0.584. The van der Waals surface area contributed by atoms with Crippen molar-refractivity contribution in [1.82, 2.24) is 10.2 Å². The number of benzene rings is 3. The molecular weight excluding hydrogens is 415 g/mol. The maximum absolute atomic E-state index is 14.2. The number of likely N-dealkylation sites (tertiary alicyclic amines) is 1. The molecular formula is C28H29FN2O2. The molecule has 5 rings (SSSR count). The number of fused-ring (bicyclic) bond motifs is 1. The summed E-state index contributed by atoms with van der Waals surface area (Å²) < 4.78 is 14.2. The lowest BCUT2D eigenvalue weighted by Crippen LogP contribution is -2.44. The van der Waals surface area contributed by atoms with Gasteiger partial charge in [-0.05, 0) is 53.6 Å². The standard InChI is InChI=1S/C28H29FN2O2/c29-25-8-4-3-7-24(25)23-13-16-31(19-23)27(33)12-15-28(14-11-26(32)30-28)18-20-9-10-21-5-1-2-6-22(21)17-20/h1-10,17,23H,11-16,18-19H2,(H,30,32). The first-order valence-corrected chi connectivity index (χ1v) is 11.8. The summed E-state index contributed by atoms with van der Waals surface area (Å²) in [5.41, 5.74) is 1.48. The molecule has 0 aliphatic carbocycles. The highest BCUT2D eigenvalue weighted by molar-refractivity contribution is 5.83. The van der Waals surface area contributed by atoms with Crippen molar-refractivity contribution in [3.05, 3.63) is 83.7 Å². The Morgan fingerprint density at radius 2 is 1.85 bits per heavy atom. The summed E-state index contributed by atoms with van der Waals surface area (Å²) in [6.07, 6.45) is 3.74. The summed E-state index contributed by atoms with van der Waals surface area (Å²) in [4.78, 5) is 27.0. The molecule has 3 aromatic carbocycles. The number of carbonyl (C=O) groups is 2. The molecule has 2 amide bonds. The zero-order valence-electron chi connectivity index (χ0n) is 18.7. The Balaban J connectivity index is 1.25. The van der Waals surface area contributed by atoms with E-state index in [-0.39, 0.29) is 29.1 Å². The first kappa shape index (κ1) is 21.6. The van der Waals surface area contributed by atoms with Gasteiger partial charge in [0.1, 0.15) is 5.82 Å². The van der Waals surface area contributed by atoms with Crippen LogP contribution in [0.3, 0.4) is 0 Å². The number of nitrogens with zero attached hydrogens (tertiary/aromatic N) is 1. The number of hydrogen-bond donors (Lipinski definition) is 1. The summed E-state index contributed by atoms with van der Waals surface area (Å²) in [6, 6.07) is 21.5. The van der Waals surface area contributed by atoms with Gasteiger partial charge in [0.25, 0.3) is 0 Å². The zero-order chi connectivity index (χ0) is 22.8. The van der Waals surface area contributed by atoms with Gasteiger partial charge in [-0.3, -0.25) is 9.59 Å². The third kappa shape index (κ3) is 4.63. The van der Waals surface area contributed by atoms with Crippen LogP contribution in [0, 0.1) is 5.82 Å².